The van der Waals surface area contributed by atoms with Crippen molar-refractivity contribution in [2.45, 2.75) is 23.5 Å². The molecule has 1 aliphatic heterocycles. The number of carbonyl (C=O) groups is 1. The lowest BCUT2D eigenvalue weighted by Crippen LogP contribution is -2.51. The largest absolute Gasteiger partial charge is 0.339 e. The van der Waals surface area contributed by atoms with Crippen molar-refractivity contribution in [1.82, 2.24) is 18.8 Å². The van der Waals surface area contributed by atoms with Crippen molar-refractivity contribution in [3.63, 3.8) is 0 Å². The Bertz CT molecular complexity index is 1260. The van der Waals surface area contributed by atoms with Crippen LogP contribution in [0, 0.1) is 5.82 Å². The molecule has 2 heterocycles. The van der Waals surface area contributed by atoms with Crippen molar-refractivity contribution in [2.75, 3.05) is 31.9 Å². The van der Waals surface area contributed by atoms with Crippen molar-refractivity contribution in [3.05, 3.63) is 53.3 Å². The second kappa shape index (κ2) is 9.38. The Morgan fingerprint density at radius 3 is 2.56 bits per heavy atom. The van der Waals surface area contributed by atoms with E-state index in [9.17, 15) is 17.6 Å². The third kappa shape index (κ3) is 4.50. The highest BCUT2D eigenvalue weighted by atomic mass is 35.5. The summed E-state index contributed by atoms with van der Waals surface area (Å²) >= 11 is 7.12. The van der Waals surface area contributed by atoms with Crippen molar-refractivity contribution >= 4 is 50.3 Å². The van der Waals surface area contributed by atoms with E-state index >= 15 is 0 Å². The smallest absolute Gasteiger partial charge is 0.243 e. The maximum Gasteiger partial charge on any atom is 0.243 e. The number of sulfonamides is 1. The number of hydrogen-bond donors (Lipinski definition) is 0. The van der Waals surface area contributed by atoms with Crippen LogP contribution in [-0.2, 0) is 21.4 Å². The summed E-state index contributed by atoms with van der Waals surface area (Å²) in [6.45, 7) is 3.70. The van der Waals surface area contributed by atoms with Gasteiger partial charge in [-0.1, -0.05) is 35.5 Å². The van der Waals surface area contributed by atoms with Crippen molar-refractivity contribution in [2.24, 2.45) is 0 Å². The maximum absolute atomic E-state index is 13.4. The minimum absolute atomic E-state index is 0.0577. The molecule has 0 saturated carbocycles. The highest BCUT2D eigenvalue weighted by molar-refractivity contribution is 7.99. The third-order valence-corrected chi connectivity index (χ3v) is 8.53. The van der Waals surface area contributed by atoms with Crippen LogP contribution in [0.2, 0.25) is 5.02 Å². The Morgan fingerprint density at radius 2 is 1.88 bits per heavy atom. The molecule has 0 bridgehead atoms. The molecular weight excluding hydrogens is 475 g/mol. The minimum atomic E-state index is -3.80. The van der Waals surface area contributed by atoms with E-state index in [-0.39, 0.29) is 47.8 Å². The number of aryl methyl sites for hydroxylation is 1. The zero-order valence-corrected chi connectivity index (χ0v) is 19.8. The van der Waals surface area contributed by atoms with Crippen molar-refractivity contribution in [3.8, 4) is 0 Å². The van der Waals surface area contributed by atoms with Gasteiger partial charge in [0.25, 0.3) is 0 Å². The molecule has 7 nitrogen and oxygen atoms in total. The molecule has 1 aliphatic rings. The van der Waals surface area contributed by atoms with Crippen LogP contribution in [-0.4, -0.2) is 65.0 Å². The van der Waals surface area contributed by atoms with E-state index in [2.05, 4.69) is 9.55 Å². The summed E-state index contributed by atoms with van der Waals surface area (Å²) in [6.07, 6.45) is 0. The number of piperazine rings is 1. The molecule has 1 fully saturated rings. The van der Waals surface area contributed by atoms with Gasteiger partial charge in [0.2, 0.25) is 15.9 Å². The van der Waals surface area contributed by atoms with Gasteiger partial charge in [-0.25, -0.2) is 17.8 Å². The van der Waals surface area contributed by atoms with E-state index in [4.69, 9.17) is 11.6 Å². The highest BCUT2D eigenvalue weighted by Gasteiger charge is 2.30. The van der Waals surface area contributed by atoms with Gasteiger partial charge < -0.3 is 9.47 Å². The Balaban J connectivity index is 1.37. The second-order valence-electron chi connectivity index (χ2n) is 7.28. The number of benzene rings is 2. The predicted octanol–water partition coefficient (Wildman–Crippen LogP) is 3.47. The molecule has 170 valence electrons. The van der Waals surface area contributed by atoms with E-state index in [1.54, 1.807) is 4.90 Å². The van der Waals surface area contributed by atoms with Crippen LogP contribution in [0.25, 0.3) is 11.0 Å². The molecule has 0 N–H and O–H groups in total. The number of carbonyl (C=O) groups excluding carboxylic acids is 1. The van der Waals surface area contributed by atoms with E-state index in [0.717, 1.165) is 34.9 Å². The van der Waals surface area contributed by atoms with Crippen LogP contribution >= 0.6 is 23.4 Å². The number of nitrogens with zero attached hydrogens (tertiary/aromatic N) is 4. The number of fused-ring (bicyclic) bond motifs is 1. The SMILES string of the molecule is CCn1c(SCC(=O)N2CCN(S(=O)(=O)c3ccc(F)c(Cl)c3)CC2)nc2ccccc21. The molecule has 4 rings (SSSR count). The molecule has 1 saturated heterocycles. The molecule has 0 atom stereocenters. The highest BCUT2D eigenvalue weighted by Crippen LogP contribution is 2.26. The fourth-order valence-electron chi connectivity index (χ4n) is 3.65. The molecule has 1 amide bonds. The van der Waals surface area contributed by atoms with Gasteiger partial charge in [0.05, 0.1) is 26.7 Å². The fraction of sp³-hybridized carbons (Fsp3) is 0.333. The van der Waals surface area contributed by atoms with Gasteiger partial charge >= 0.3 is 0 Å². The molecule has 2 aromatic carbocycles. The zero-order valence-electron chi connectivity index (χ0n) is 17.4. The van der Waals surface area contributed by atoms with Crippen LogP contribution in [0.5, 0.6) is 0 Å². The number of thioether (sulfide) groups is 1. The van der Waals surface area contributed by atoms with Crippen LogP contribution in [0.4, 0.5) is 4.39 Å². The first-order chi connectivity index (χ1) is 15.3. The average molecular weight is 497 g/mol. The summed E-state index contributed by atoms with van der Waals surface area (Å²) in [6, 6.07) is 11.2. The minimum Gasteiger partial charge on any atom is -0.339 e. The van der Waals surface area contributed by atoms with Gasteiger partial charge in [-0.15, -0.1) is 0 Å². The summed E-state index contributed by atoms with van der Waals surface area (Å²) in [5.74, 6) is -0.509. The molecule has 0 spiro atoms. The van der Waals surface area contributed by atoms with Gasteiger partial charge in [-0.2, -0.15) is 4.31 Å². The van der Waals surface area contributed by atoms with Crippen LogP contribution in [0.3, 0.4) is 0 Å². The van der Waals surface area contributed by atoms with Crippen LogP contribution < -0.4 is 0 Å². The van der Waals surface area contributed by atoms with Crippen LogP contribution in [0.15, 0.2) is 52.5 Å². The standard InChI is InChI=1S/C21H22ClFN4O3S2/c1-2-27-19-6-4-3-5-18(19)24-21(27)31-14-20(28)25-9-11-26(12-10-25)32(29,30)15-7-8-17(23)16(22)13-15/h3-8,13H,2,9-12,14H2,1H3. The Kier molecular flexibility index (Phi) is 6.75. The number of aromatic nitrogens is 2. The Morgan fingerprint density at radius 1 is 1.16 bits per heavy atom. The van der Waals surface area contributed by atoms with Gasteiger partial charge in [0, 0.05) is 32.7 Å². The van der Waals surface area contributed by atoms with E-state index in [1.165, 1.54) is 22.1 Å². The first-order valence-electron chi connectivity index (χ1n) is 10.1. The summed E-state index contributed by atoms with van der Waals surface area (Å²) in [5.41, 5.74) is 1.92. The molecule has 1 aromatic heterocycles. The first kappa shape index (κ1) is 23.0. The lowest BCUT2D eigenvalue weighted by Gasteiger charge is -2.34. The van der Waals surface area contributed by atoms with E-state index in [0.29, 0.717) is 0 Å². The normalized spacial score (nSPS) is 15.4. The second-order valence-corrected chi connectivity index (χ2v) is 10.6. The quantitative estimate of drug-likeness (QED) is 0.488. The molecule has 0 aliphatic carbocycles. The molecule has 0 unspecified atom stereocenters. The topological polar surface area (TPSA) is 75.5 Å². The summed E-state index contributed by atoms with van der Waals surface area (Å²) in [5, 5.41) is 0.548. The number of hydrogen-bond acceptors (Lipinski definition) is 5. The van der Waals surface area contributed by atoms with Gasteiger partial charge in [0.15, 0.2) is 5.16 Å². The van der Waals surface area contributed by atoms with E-state index in [1.807, 2.05) is 31.2 Å². The molecule has 0 radical (unpaired) electrons. The predicted molar refractivity (Wildman–Crippen MR) is 123 cm³/mol. The summed E-state index contributed by atoms with van der Waals surface area (Å²) in [4.78, 5) is 19.0. The van der Waals surface area contributed by atoms with E-state index < -0.39 is 15.8 Å². The lowest BCUT2D eigenvalue weighted by molar-refractivity contribution is -0.129. The number of amides is 1. The summed E-state index contributed by atoms with van der Waals surface area (Å²) < 4.78 is 42.4. The Hall–Kier alpha value is -2.14. The number of halogens is 2. The van der Waals surface area contributed by atoms with Crippen LogP contribution in [0.1, 0.15) is 6.92 Å². The Labute approximate surface area is 195 Å². The van der Waals surface area contributed by atoms with Crippen molar-refractivity contribution in [1.29, 1.82) is 0 Å². The van der Waals surface area contributed by atoms with Crippen molar-refractivity contribution < 1.29 is 17.6 Å². The zero-order chi connectivity index (χ0) is 22.9. The number of imidazole rings is 1. The number of rotatable bonds is 6. The first-order valence-corrected chi connectivity index (χ1v) is 12.9. The van der Waals surface area contributed by atoms with Gasteiger partial charge in [0.1, 0.15) is 5.82 Å². The summed E-state index contributed by atoms with van der Waals surface area (Å²) in [7, 11) is -3.80. The average Bonchev–Trinajstić information content (AvgIpc) is 3.16. The molecule has 11 heteroatoms. The monoisotopic (exact) mass is 496 g/mol. The number of para-hydroxylation sites is 2. The lowest BCUT2D eigenvalue weighted by atomic mass is 10.3. The molecule has 3 aromatic rings. The third-order valence-electron chi connectivity index (χ3n) is 5.38. The maximum atomic E-state index is 13.4. The molecule has 32 heavy (non-hydrogen) atoms. The van der Waals surface area contributed by atoms with Gasteiger partial charge in [-0.3, -0.25) is 4.79 Å². The molecular formula is C21H22ClFN4O3S2. The fourth-order valence-corrected chi connectivity index (χ4v) is 6.33. The van der Waals surface area contributed by atoms with Gasteiger partial charge in [-0.05, 0) is 37.3 Å².